The molecule has 0 aliphatic heterocycles. The summed E-state index contributed by atoms with van der Waals surface area (Å²) >= 11 is 0. The van der Waals surface area contributed by atoms with Gasteiger partial charge in [-0.3, -0.25) is 4.84 Å². The molecule has 1 rings (SSSR count). The van der Waals surface area contributed by atoms with Crippen molar-refractivity contribution in [1.29, 1.82) is 0 Å². The first-order valence-corrected chi connectivity index (χ1v) is 6.14. The van der Waals surface area contributed by atoms with E-state index in [1.54, 1.807) is 0 Å². The van der Waals surface area contributed by atoms with Crippen LogP contribution in [-0.4, -0.2) is 12.7 Å². The van der Waals surface area contributed by atoms with Gasteiger partial charge in [0.25, 0.3) is 0 Å². The lowest BCUT2D eigenvalue weighted by Crippen LogP contribution is -2.24. The maximum absolute atomic E-state index is 12.3. The summed E-state index contributed by atoms with van der Waals surface area (Å²) in [6.45, 7) is 2.22. The molecule has 0 unspecified atom stereocenters. The minimum absolute atomic E-state index is 0.0407. The van der Waals surface area contributed by atoms with E-state index in [1.807, 2.05) is 6.92 Å². The van der Waals surface area contributed by atoms with E-state index in [-0.39, 0.29) is 6.61 Å². The lowest BCUT2D eigenvalue weighted by atomic mass is 10.1. The van der Waals surface area contributed by atoms with Gasteiger partial charge >= 0.3 is 12.3 Å². The highest BCUT2D eigenvalue weighted by Gasteiger charge is 2.29. The molecule has 20 heavy (non-hydrogen) atoms. The maximum Gasteiger partial charge on any atom is 0.431 e. The molecule has 1 aromatic carbocycles. The van der Waals surface area contributed by atoms with Gasteiger partial charge in [-0.15, -0.1) is 0 Å². The van der Waals surface area contributed by atoms with E-state index in [0.29, 0.717) is 12.2 Å². The highest BCUT2D eigenvalue weighted by molar-refractivity contribution is 5.65. The van der Waals surface area contributed by atoms with Gasteiger partial charge < -0.3 is 4.74 Å². The number of hydroxylamine groups is 1. The number of rotatable bonds is 6. The SMILES string of the molecule is CCCCOC(=O)NOCc1ccc(C(F)(F)F)cc1. The van der Waals surface area contributed by atoms with E-state index < -0.39 is 17.8 Å². The van der Waals surface area contributed by atoms with Gasteiger partial charge in [-0.05, 0) is 24.1 Å². The van der Waals surface area contributed by atoms with Gasteiger partial charge in [-0.1, -0.05) is 25.5 Å². The van der Waals surface area contributed by atoms with Crippen LogP contribution in [0.5, 0.6) is 0 Å². The first kappa shape index (κ1) is 16.3. The zero-order chi connectivity index (χ0) is 15.0. The van der Waals surface area contributed by atoms with E-state index in [9.17, 15) is 18.0 Å². The summed E-state index contributed by atoms with van der Waals surface area (Å²) in [5.41, 5.74) is 1.83. The molecule has 1 N–H and O–H groups in total. The Morgan fingerprint density at radius 2 is 1.90 bits per heavy atom. The molecule has 0 fully saturated rings. The fourth-order valence-corrected chi connectivity index (χ4v) is 1.31. The van der Waals surface area contributed by atoms with Crippen LogP contribution in [0.3, 0.4) is 0 Å². The van der Waals surface area contributed by atoms with Crippen LogP contribution < -0.4 is 5.48 Å². The van der Waals surface area contributed by atoms with Crippen molar-refractivity contribution in [2.24, 2.45) is 0 Å². The number of amides is 1. The monoisotopic (exact) mass is 291 g/mol. The lowest BCUT2D eigenvalue weighted by Gasteiger charge is -2.09. The fraction of sp³-hybridized carbons (Fsp3) is 0.462. The quantitative estimate of drug-likeness (QED) is 0.642. The third-order valence-corrected chi connectivity index (χ3v) is 2.41. The molecule has 0 aliphatic carbocycles. The number of hydrogen-bond acceptors (Lipinski definition) is 3. The smallest absolute Gasteiger partial charge is 0.431 e. The van der Waals surface area contributed by atoms with E-state index >= 15 is 0 Å². The number of alkyl halides is 3. The molecule has 0 heterocycles. The van der Waals surface area contributed by atoms with Crippen LogP contribution in [0.4, 0.5) is 18.0 Å². The normalized spacial score (nSPS) is 11.2. The summed E-state index contributed by atoms with van der Waals surface area (Å²) in [5, 5.41) is 0. The van der Waals surface area contributed by atoms with E-state index in [1.165, 1.54) is 12.1 Å². The van der Waals surface area contributed by atoms with Crippen LogP contribution >= 0.6 is 0 Å². The standard InChI is InChI=1S/C13H16F3NO3/c1-2-3-8-19-12(18)17-20-9-10-4-6-11(7-5-10)13(14,15)16/h4-7H,2-3,8-9H2,1H3,(H,17,18). The summed E-state index contributed by atoms with van der Waals surface area (Å²) in [4.78, 5) is 15.9. The highest BCUT2D eigenvalue weighted by Crippen LogP contribution is 2.29. The summed E-state index contributed by atoms with van der Waals surface area (Å²) in [5.74, 6) is 0. The van der Waals surface area contributed by atoms with Gasteiger partial charge in [0, 0.05) is 0 Å². The predicted octanol–water partition coefficient (Wildman–Crippen LogP) is 3.66. The second-order valence-electron chi connectivity index (χ2n) is 4.07. The average molecular weight is 291 g/mol. The number of nitrogens with one attached hydrogen (secondary N) is 1. The number of unbranched alkanes of at least 4 members (excludes halogenated alkanes) is 1. The fourth-order valence-electron chi connectivity index (χ4n) is 1.31. The van der Waals surface area contributed by atoms with Crippen molar-refractivity contribution < 1.29 is 27.5 Å². The number of halogens is 3. The van der Waals surface area contributed by atoms with Crippen molar-refractivity contribution in [3.63, 3.8) is 0 Å². The zero-order valence-electron chi connectivity index (χ0n) is 11.0. The van der Waals surface area contributed by atoms with Crippen LogP contribution in [0.2, 0.25) is 0 Å². The Hall–Kier alpha value is -1.76. The number of hydrogen-bond donors (Lipinski definition) is 1. The highest BCUT2D eigenvalue weighted by atomic mass is 19.4. The maximum atomic E-state index is 12.3. The Morgan fingerprint density at radius 3 is 2.45 bits per heavy atom. The number of ether oxygens (including phenoxy) is 1. The first-order chi connectivity index (χ1) is 9.43. The molecule has 0 saturated carbocycles. The molecular weight excluding hydrogens is 275 g/mol. The Bertz CT molecular complexity index is 418. The van der Waals surface area contributed by atoms with Gasteiger partial charge in [0.15, 0.2) is 0 Å². The Labute approximate surface area is 114 Å². The zero-order valence-corrected chi connectivity index (χ0v) is 11.0. The molecule has 1 amide bonds. The molecule has 1 aromatic rings. The third kappa shape index (κ3) is 5.92. The van der Waals surface area contributed by atoms with Crippen LogP contribution in [0.15, 0.2) is 24.3 Å². The van der Waals surface area contributed by atoms with Gasteiger partial charge in [0.1, 0.15) is 0 Å². The van der Waals surface area contributed by atoms with E-state index in [0.717, 1.165) is 25.0 Å². The number of benzene rings is 1. The second kappa shape index (κ2) is 7.74. The Kier molecular flexibility index (Phi) is 6.30. The molecular formula is C13H16F3NO3. The third-order valence-electron chi connectivity index (χ3n) is 2.41. The summed E-state index contributed by atoms with van der Waals surface area (Å²) in [7, 11) is 0. The van der Waals surface area contributed by atoms with Crippen LogP contribution in [0.25, 0.3) is 0 Å². The summed E-state index contributed by atoms with van der Waals surface area (Å²) < 4.78 is 41.7. The minimum atomic E-state index is -4.36. The molecule has 0 aromatic heterocycles. The summed E-state index contributed by atoms with van der Waals surface area (Å²) in [6.07, 6.45) is -3.42. The average Bonchev–Trinajstić information content (AvgIpc) is 2.38. The number of carbonyl (C=O) groups excluding carboxylic acids is 1. The summed E-state index contributed by atoms with van der Waals surface area (Å²) in [6, 6.07) is 4.48. The lowest BCUT2D eigenvalue weighted by molar-refractivity contribution is -0.137. The van der Waals surface area contributed by atoms with Gasteiger partial charge in [-0.25, -0.2) is 4.79 Å². The molecule has 0 atom stereocenters. The van der Waals surface area contributed by atoms with Crippen molar-refractivity contribution in [2.45, 2.75) is 32.5 Å². The molecule has 112 valence electrons. The Balaban J connectivity index is 2.30. The molecule has 4 nitrogen and oxygen atoms in total. The van der Waals surface area contributed by atoms with Crippen molar-refractivity contribution >= 4 is 6.09 Å². The molecule has 0 saturated heterocycles. The van der Waals surface area contributed by atoms with Crippen molar-refractivity contribution in [2.75, 3.05) is 6.61 Å². The van der Waals surface area contributed by atoms with Crippen LogP contribution in [-0.2, 0) is 22.4 Å². The van der Waals surface area contributed by atoms with Crippen molar-refractivity contribution in [3.8, 4) is 0 Å². The molecule has 0 radical (unpaired) electrons. The molecule has 0 spiro atoms. The van der Waals surface area contributed by atoms with Crippen molar-refractivity contribution in [3.05, 3.63) is 35.4 Å². The van der Waals surface area contributed by atoms with Crippen LogP contribution in [0, 0.1) is 0 Å². The molecule has 0 aliphatic rings. The largest absolute Gasteiger partial charge is 0.448 e. The Morgan fingerprint density at radius 1 is 1.25 bits per heavy atom. The number of carbonyl (C=O) groups is 1. The van der Waals surface area contributed by atoms with Gasteiger partial charge in [0.05, 0.1) is 18.8 Å². The van der Waals surface area contributed by atoms with E-state index in [2.05, 4.69) is 5.48 Å². The first-order valence-electron chi connectivity index (χ1n) is 6.14. The minimum Gasteiger partial charge on any atom is -0.448 e. The van der Waals surface area contributed by atoms with E-state index in [4.69, 9.17) is 9.57 Å². The second-order valence-corrected chi connectivity index (χ2v) is 4.07. The molecule has 7 heteroatoms. The molecule has 0 bridgehead atoms. The predicted molar refractivity (Wildman–Crippen MR) is 65.6 cm³/mol. The topological polar surface area (TPSA) is 47.6 Å². The van der Waals surface area contributed by atoms with Crippen molar-refractivity contribution in [1.82, 2.24) is 5.48 Å². The van der Waals surface area contributed by atoms with Crippen LogP contribution in [0.1, 0.15) is 30.9 Å². The van der Waals surface area contributed by atoms with Gasteiger partial charge in [0.2, 0.25) is 0 Å². The van der Waals surface area contributed by atoms with Gasteiger partial charge in [-0.2, -0.15) is 18.7 Å².